The van der Waals surface area contributed by atoms with Gasteiger partial charge in [0.1, 0.15) is 5.75 Å². The maximum atomic E-state index is 5.70. The zero-order valence-corrected chi connectivity index (χ0v) is 12.5. The first-order valence-electron chi connectivity index (χ1n) is 7.46. The minimum atomic E-state index is 0.427. The standard InChI is InChI=1S/C18H26O/c1-4-6-8-14-19-18-12-10-17(11-13-18)15-16(3)9-7-5-2/h10-13,16H,4-6,8,14-15H2,1-3H3. The molecule has 0 aliphatic heterocycles. The predicted molar refractivity (Wildman–Crippen MR) is 82.4 cm³/mol. The van der Waals surface area contributed by atoms with Gasteiger partial charge >= 0.3 is 0 Å². The molecule has 0 saturated carbocycles. The predicted octanol–water partition coefficient (Wildman–Crippen LogP) is 4.85. The van der Waals surface area contributed by atoms with Gasteiger partial charge in [-0.1, -0.05) is 51.7 Å². The Kier molecular flexibility index (Phi) is 7.82. The molecule has 1 heteroatoms. The van der Waals surface area contributed by atoms with Crippen molar-refractivity contribution in [1.82, 2.24) is 0 Å². The van der Waals surface area contributed by atoms with Gasteiger partial charge in [0.15, 0.2) is 0 Å². The lowest BCUT2D eigenvalue weighted by molar-refractivity contribution is 0.306. The summed E-state index contributed by atoms with van der Waals surface area (Å²) < 4.78 is 5.70. The maximum Gasteiger partial charge on any atom is 0.119 e. The van der Waals surface area contributed by atoms with Crippen LogP contribution in [0, 0.1) is 17.8 Å². The molecule has 1 nitrogen and oxygen atoms in total. The molecule has 0 saturated heterocycles. The third-order valence-corrected chi connectivity index (χ3v) is 3.01. The molecule has 1 rings (SSSR count). The van der Waals surface area contributed by atoms with Crippen molar-refractivity contribution in [2.75, 3.05) is 6.61 Å². The molecule has 0 heterocycles. The smallest absolute Gasteiger partial charge is 0.119 e. The Hall–Kier alpha value is -1.42. The highest BCUT2D eigenvalue weighted by Crippen LogP contribution is 2.15. The van der Waals surface area contributed by atoms with Gasteiger partial charge in [0.25, 0.3) is 0 Å². The minimum Gasteiger partial charge on any atom is -0.494 e. The Morgan fingerprint density at radius 3 is 2.47 bits per heavy atom. The van der Waals surface area contributed by atoms with E-state index in [4.69, 9.17) is 4.74 Å². The molecule has 104 valence electrons. The Morgan fingerprint density at radius 2 is 1.84 bits per heavy atom. The zero-order chi connectivity index (χ0) is 13.9. The van der Waals surface area contributed by atoms with E-state index in [1.54, 1.807) is 0 Å². The van der Waals surface area contributed by atoms with E-state index in [0.717, 1.165) is 31.6 Å². The summed E-state index contributed by atoms with van der Waals surface area (Å²) in [7, 11) is 0. The zero-order valence-electron chi connectivity index (χ0n) is 12.5. The highest BCUT2D eigenvalue weighted by Gasteiger charge is 2.00. The van der Waals surface area contributed by atoms with E-state index in [1.165, 1.54) is 18.4 Å². The van der Waals surface area contributed by atoms with Crippen LogP contribution in [0.3, 0.4) is 0 Å². The van der Waals surface area contributed by atoms with Crippen LogP contribution in [0.4, 0.5) is 0 Å². The number of rotatable bonds is 7. The summed E-state index contributed by atoms with van der Waals surface area (Å²) in [5.74, 6) is 7.81. The van der Waals surface area contributed by atoms with Crippen LogP contribution in [0.25, 0.3) is 0 Å². The molecule has 0 aromatic heterocycles. The van der Waals surface area contributed by atoms with Crippen LogP contribution in [0.2, 0.25) is 0 Å². The van der Waals surface area contributed by atoms with Crippen molar-refractivity contribution >= 4 is 0 Å². The van der Waals surface area contributed by atoms with E-state index in [2.05, 4.69) is 56.9 Å². The van der Waals surface area contributed by atoms with Gasteiger partial charge in [-0.25, -0.2) is 0 Å². The van der Waals surface area contributed by atoms with Crippen LogP contribution >= 0.6 is 0 Å². The van der Waals surface area contributed by atoms with Crippen LogP contribution in [0.5, 0.6) is 5.75 Å². The van der Waals surface area contributed by atoms with Crippen LogP contribution in [-0.4, -0.2) is 6.61 Å². The molecule has 1 aromatic carbocycles. The average Bonchev–Trinajstić information content (AvgIpc) is 2.43. The number of hydrogen-bond donors (Lipinski definition) is 0. The van der Waals surface area contributed by atoms with Crippen molar-refractivity contribution in [2.24, 2.45) is 5.92 Å². The van der Waals surface area contributed by atoms with Crippen molar-refractivity contribution in [1.29, 1.82) is 0 Å². The van der Waals surface area contributed by atoms with Gasteiger partial charge in [-0.05, 0) is 30.5 Å². The second-order valence-electron chi connectivity index (χ2n) is 4.98. The van der Waals surface area contributed by atoms with Gasteiger partial charge in [-0.3, -0.25) is 0 Å². The first-order valence-corrected chi connectivity index (χ1v) is 7.46. The van der Waals surface area contributed by atoms with Crippen LogP contribution in [0.1, 0.15) is 52.0 Å². The summed E-state index contributed by atoms with van der Waals surface area (Å²) in [5, 5.41) is 0. The molecule has 0 bridgehead atoms. The molecule has 0 N–H and O–H groups in total. The van der Waals surface area contributed by atoms with Crippen molar-refractivity contribution in [2.45, 2.75) is 52.9 Å². The summed E-state index contributed by atoms with van der Waals surface area (Å²) in [6.07, 6.45) is 5.57. The van der Waals surface area contributed by atoms with Crippen LogP contribution in [-0.2, 0) is 6.42 Å². The molecule has 1 atom stereocenters. The lowest BCUT2D eigenvalue weighted by Crippen LogP contribution is -1.99. The third kappa shape index (κ3) is 6.91. The molecule has 0 fully saturated rings. The van der Waals surface area contributed by atoms with E-state index in [1.807, 2.05) is 0 Å². The van der Waals surface area contributed by atoms with E-state index >= 15 is 0 Å². The Morgan fingerprint density at radius 1 is 1.11 bits per heavy atom. The number of hydrogen-bond acceptors (Lipinski definition) is 1. The molecule has 0 amide bonds. The molecule has 0 spiro atoms. The molecule has 0 aliphatic carbocycles. The highest BCUT2D eigenvalue weighted by atomic mass is 16.5. The molecule has 0 radical (unpaired) electrons. The van der Waals surface area contributed by atoms with Gasteiger partial charge in [0, 0.05) is 12.3 Å². The molecular formula is C18H26O. The van der Waals surface area contributed by atoms with Crippen LogP contribution < -0.4 is 4.74 Å². The quantitative estimate of drug-likeness (QED) is 0.502. The number of ether oxygens (including phenoxy) is 1. The highest BCUT2D eigenvalue weighted by molar-refractivity contribution is 5.28. The lowest BCUT2D eigenvalue weighted by Gasteiger charge is -2.08. The second-order valence-corrected chi connectivity index (χ2v) is 4.98. The van der Waals surface area contributed by atoms with Gasteiger partial charge < -0.3 is 4.74 Å². The Bertz CT molecular complexity index is 394. The summed E-state index contributed by atoms with van der Waals surface area (Å²) >= 11 is 0. The van der Waals surface area contributed by atoms with Crippen molar-refractivity contribution in [3.8, 4) is 17.6 Å². The fourth-order valence-corrected chi connectivity index (χ4v) is 1.94. The topological polar surface area (TPSA) is 9.23 Å². The first-order chi connectivity index (χ1) is 9.26. The van der Waals surface area contributed by atoms with Gasteiger partial charge in [-0.15, -0.1) is 5.92 Å². The molecule has 1 aromatic rings. The molecule has 1 unspecified atom stereocenters. The number of unbranched alkanes of at least 4 members (excludes halogenated alkanes) is 2. The summed E-state index contributed by atoms with van der Waals surface area (Å²) in [6.45, 7) is 7.30. The Labute approximate surface area is 118 Å². The van der Waals surface area contributed by atoms with Crippen molar-refractivity contribution < 1.29 is 4.74 Å². The van der Waals surface area contributed by atoms with E-state index in [-0.39, 0.29) is 0 Å². The third-order valence-electron chi connectivity index (χ3n) is 3.01. The summed E-state index contributed by atoms with van der Waals surface area (Å²) in [6, 6.07) is 8.45. The molecule has 19 heavy (non-hydrogen) atoms. The summed E-state index contributed by atoms with van der Waals surface area (Å²) in [4.78, 5) is 0. The normalized spacial score (nSPS) is 11.5. The maximum absolute atomic E-state index is 5.70. The minimum absolute atomic E-state index is 0.427. The van der Waals surface area contributed by atoms with E-state index in [0.29, 0.717) is 5.92 Å². The number of benzene rings is 1. The van der Waals surface area contributed by atoms with E-state index in [9.17, 15) is 0 Å². The summed E-state index contributed by atoms with van der Waals surface area (Å²) in [5.41, 5.74) is 1.33. The van der Waals surface area contributed by atoms with E-state index < -0.39 is 0 Å². The SMILES string of the molecule is CCC#CC(C)Cc1ccc(OCCCCC)cc1. The van der Waals surface area contributed by atoms with Gasteiger partial charge in [-0.2, -0.15) is 0 Å². The molecular weight excluding hydrogens is 232 g/mol. The monoisotopic (exact) mass is 258 g/mol. The molecule has 0 aliphatic rings. The Balaban J connectivity index is 2.38. The van der Waals surface area contributed by atoms with Crippen molar-refractivity contribution in [3.63, 3.8) is 0 Å². The van der Waals surface area contributed by atoms with Crippen LogP contribution in [0.15, 0.2) is 24.3 Å². The lowest BCUT2D eigenvalue weighted by atomic mass is 10.0. The first kappa shape index (κ1) is 15.6. The van der Waals surface area contributed by atoms with Gasteiger partial charge in [0.2, 0.25) is 0 Å². The second kappa shape index (κ2) is 9.50. The fraction of sp³-hybridized carbons (Fsp3) is 0.556. The van der Waals surface area contributed by atoms with Gasteiger partial charge in [0.05, 0.1) is 6.61 Å². The average molecular weight is 258 g/mol. The largest absolute Gasteiger partial charge is 0.494 e. The van der Waals surface area contributed by atoms with Crippen molar-refractivity contribution in [3.05, 3.63) is 29.8 Å². The fourth-order valence-electron chi connectivity index (χ4n) is 1.94.